The molecular weight excluding hydrogens is 356 g/mol. The van der Waals surface area contributed by atoms with Gasteiger partial charge in [0.05, 0.1) is 35.6 Å². The van der Waals surface area contributed by atoms with Crippen LogP contribution in [0.5, 0.6) is 0 Å². The van der Waals surface area contributed by atoms with Gasteiger partial charge in [0.15, 0.2) is 5.69 Å². The van der Waals surface area contributed by atoms with Gasteiger partial charge in [0.25, 0.3) is 0 Å². The first-order valence-corrected chi connectivity index (χ1v) is 7.82. The minimum absolute atomic E-state index is 0.0176. The van der Waals surface area contributed by atoms with Crippen molar-refractivity contribution in [3.05, 3.63) is 36.2 Å². The average Bonchev–Trinajstić information content (AvgIpc) is 2.91. The van der Waals surface area contributed by atoms with Gasteiger partial charge in [0, 0.05) is 12.6 Å². The number of pyridine rings is 1. The second-order valence-corrected chi connectivity index (χ2v) is 6.51. The summed E-state index contributed by atoms with van der Waals surface area (Å²) in [5.74, 6) is -0.712. The van der Waals surface area contributed by atoms with Crippen molar-refractivity contribution in [1.82, 2.24) is 14.8 Å². The number of alkyl halides is 3. The molecule has 2 rings (SSSR count). The number of anilines is 1. The number of aliphatic hydroxyl groups is 1. The highest BCUT2D eigenvalue weighted by Crippen LogP contribution is 2.37. The molecule has 0 aromatic carbocycles. The number of hydrogen-bond donors (Lipinski definition) is 1. The standard InChI is InChI=1S/C16H20F4N4O2/c1-5-23(14(25)26-15(2,3)4)12-9-24(22-13(12)16(18,19)20)11-6-10(17)7-21-8-11/h6-9,14,25H,5H2,1-4H3. The number of nitrogens with zero attached hydrogens (tertiary/aromatic N) is 4. The zero-order valence-electron chi connectivity index (χ0n) is 14.8. The van der Waals surface area contributed by atoms with Gasteiger partial charge in [-0.2, -0.15) is 18.3 Å². The Kier molecular flexibility index (Phi) is 5.57. The van der Waals surface area contributed by atoms with E-state index in [1.165, 1.54) is 6.20 Å². The van der Waals surface area contributed by atoms with Crippen LogP contribution in [0, 0.1) is 5.82 Å². The maximum absolute atomic E-state index is 13.4. The normalized spacial score (nSPS) is 13.7. The molecule has 0 radical (unpaired) electrons. The Balaban J connectivity index is 2.51. The van der Waals surface area contributed by atoms with Gasteiger partial charge in [0.2, 0.25) is 6.41 Å². The molecule has 26 heavy (non-hydrogen) atoms. The summed E-state index contributed by atoms with van der Waals surface area (Å²) in [6.07, 6.45) is -3.24. The van der Waals surface area contributed by atoms with Gasteiger partial charge in [-0.15, -0.1) is 0 Å². The van der Waals surface area contributed by atoms with E-state index in [0.717, 1.165) is 28.0 Å². The molecule has 1 atom stereocenters. The molecule has 2 aromatic heterocycles. The summed E-state index contributed by atoms with van der Waals surface area (Å²) >= 11 is 0. The van der Waals surface area contributed by atoms with Gasteiger partial charge in [-0.3, -0.25) is 4.98 Å². The molecule has 0 aliphatic heterocycles. The first-order chi connectivity index (χ1) is 11.9. The van der Waals surface area contributed by atoms with Crippen molar-refractivity contribution < 1.29 is 27.4 Å². The predicted molar refractivity (Wildman–Crippen MR) is 86.2 cm³/mol. The van der Waals surface area contributed by atoms with Gasteiger partial charge in [-0.25, -0.2) is 9.07 Å². The van der Waals surface area contributed by atoms with E-state index < -0.39 is 29.7 Å². The van der Waals surface area contributed by atoms with E-state index in [1.54, 1.807) is 27.7 Å². The highest BCUT2D eigenvalue weighted by atomic mass is 19.4. The van der Waals surface area contributed by atoms with E-state index in [2.05, 4.69) is 10.1 Å². The number of halogens is 4. The molecule has 10 heteroatoms. The van der Waals surface area contributed by atoms with Crippen LogP contribution in [0.25, 0.3) is 5.69 Å². The van der Waals surface area contributed by atoms with Gasteiger partial charge < -0.3 is 14.7 Å². The summed E-state index contributed by atoms with van der Waals surface area (Å²) < 4.78 is 59.9. The van der Waals surface area contributed by atoms with Crippen LogP contribution in [0.1, 0.15) is 33.4 Å². The number of aromatic nitrogens is 3. The van der Waals surface area contributed by atoms with Gasteiger partial charge in [-0.05, 0) is 27.7 Å². The molecule has 2 aromatic rings. The molecule has 1 N–H and O–H groups in total. The molecule has 6 nitrogen and oxygen atoms in total. The fourth-order valence-corrected chi connectivity index (χ4v) is 2.26. The Morgan fingerprint density at radius 1 is 1.27 bits per heavy atom. The molecule has 0 saturated carbocycles. The summed E-state index contributed by atoms with van der Waals surface area (Å²) in [4.78, 5) is 4.62. The average molecular weight is 376 g/mol. The Bertz CT molecular complexity index is 755. The largest absolute Gasteiger partial charge is 0.437 e. The Morgan fingerprint density at radius 2 is 1.92 bits per heavy atom. The van der Waals surface area contributed by atoms with E-state index in [1.807, 2.05) is 0 Å². The minimum atomic E-state index is -4.78. The lowest BCUT2D eigenvalue weighted by Crippen LogP contribution is -2.42. The maximum Gasteiger partial charge on any atom is 0.437 e. The van der Waals surface area contributed by atoms with Crippen LogP contribution in [0.4, 0.5) is 23.2 Å². The Hall–Kier alpha value is -2.20. The molecule has 0 spiro atoms. The predicted octanol–water partition coefficient (Wildman–Crippen LogP) is 3.34. The van der Waals surface area contributed by atoms with Crippen molar-refractivity contribution in [3.63, 3.8) is 0 Å². The van der Waals surface area contributed by atoms with Crippen LogP contribution < -0.4 is 4.90 Å². The summed E-state index contributed by atoms with van der Waals surface area (Å²) in [5, 5.41) is 13.8. The Morgan fingerprint density at radius 3 is 2.42 bits per heavy atom. The number of ether oxygens (including phenoxy) is 1. The molecule has 0 fully saturated rings. The summed E-state index contributed by atoms with van der Waals surface area (Å²) in [6, 6.07) is 1.00. The topological polar surface area (TPSA) is 63.4 Å². The fourth-order valence-electron chi connectivity index (χ4n) is 2.26. The second kappa shape index (κ2) is 7.20. The lowest BCUT2D eigenvalue weighted by molar-refractivity contribution is -0.165. The monoisotopic (exact) mass is 376 g/mol. The van der Waals surface area contributed by atoms with E-state index in [0.29, 0.717) is 0 Å². The van der Waals surface area contributed by atoms with Gasteiger partial charge in [-0.1, -0.05) is 0 Å². The third-order valence-corrected chi connectivity index (χ3v) is 3.29. The Labute approximate surface area is 148 Å². The van der Waals surface area contributed by atoms with Crippen molar-refractivity contribution in [2.24, 2.45) is 0 Å². The SMILES string of the molecule is CCN(c1cn(-c2cncc(F)c2)nc1C(F)(F)F)C(O)OC(C)(C)C. The maximum atomic E-state index is 13.4. The molecule has 0 saturated heterocycles. The molecule has 0 bridgehead atoms. The molecule has 0 aliphatic carbocycles. The zero-order valence-corrected chi connectivity index (χ0v) is 14.8. The summed E-state index contributed by atoms with van der Waals surface area (Å²) in [6.45, 7) is 6.58. The lowest BCUT2D eigenvalue weighted by atomic mass is 10.2. The fraction of sp³-hybridized carbons (Fsp3) is 0.500. The van der Waals surface area contributed by atoms with Crippen molar-refractivity contribution >= 4 is 5.69 Å². The van der Waals surface area contributed by atoms with E-state index >= 15 is 0 Å². The van der Waals surface area contributed by atoms with Crippen molar-refractivity contribution in [2.75, 3.05) is 11.4 Å². The van der Waals surface area contributed by atoms with E-state index in [9.17, 15) is 22.7 Å². The summed E-state index contributed by atoms with van der Waals surface area (Å²) in [5.41, 5.74) is -2.38. The van der Waals surface area contributed by atoms with Crippen LogP contribution in [0.15, 0.2) is 24.7 Å². The molecule has 0 aliphatic rings. The summed E-state index contributed by atoms with van der Waals surface area (Å²) in [7, 11) is 0. The van der Waals surface area contributed by atoms with Crippen molar-refractivity contribution in [1.29, 1.82) is 0 Å². The zero-order chi connectivity index (χ0) is 19.7. The first-order valence-electron chi connectivity index (χ1n) is 7.82. The van der Waals surface area contributed by atoms with Crippen LogP contribution >= 0.6 is 0 Å². The van der Waals surface area contributed by atoms with Crippen LogP contribution in [-0.4, -0.2) is 38.4 Å². The van der Waals surface area contributed by atoms with Crippen LogP contribution in [-0.2, 0) is 10.9 Å². The first kappa shape index (κ1) is 20.1. The van der Waals surface area contributed by atoms with Crippen LogP contribution in [0.2, 0.25) is 0 Å². The third-order valence-electron chi connectivity index (χ3n) is 3.29. The number of hydrogen-bond acceptors (Lipinski definition) is 5. The lowest BCUT2D eigenvalue weighted by Gasteiger charge is -2.33. The second-order valence-electron chi connectivity index (χ2n) is 6.51. The molecule has 144 valence electrons. The van der Waals surface area contributed by atoms with Crippen molar-refractivity contribution in [2.45, 2.75) is 45.9 Å². The molecule has 2 heterocycles. The van der Waals surface area contributed by atoms with Gasteiger partial charge in [0.1, 0.15) is 5.82 Å². The highest BCUT2D eigenvalue weighted by Gasteiger charge is 2.40. The molecular formula is C16H20F4N4O2. The number of aliphatic hydroxyl groups excluding tert-OH is 1. The highest BCUT2D eigenvalue weighted by molar-refractivity contribution is 5.52. The van der Waals surface area contributed by atoms with E-state index in [4.69, 9.17) is 4.74 Å². The quantitative estimate of drug-likeness (QED) is 0.641. The smallest absolute Gasteiger partial charge is 0.351 e. The number of rotatable bonds is 5. The van der Waals surface area contributed by atoms with Crippen LogP contribution in [0.3, 0.4) is 0 Å². The van der Waals surface area contributed by atoms with Crippen molar-refractivity contribution in [3.8, 4) is 5.69 Å². The molecule has 0 amide bonds. The third kappa shape index (κ3) is 4.70. The van der Waals surface area contributed by atoms with Gasteiger partial charge >= 0.3 is 6.18 Å². The molecule has 1 unspecified atom stereocenters. The minimum Gasteiger partial charge on any atom is -0.351 e. The van der Waals surface area contributed by atoms with E-state index in [-0.39, 0.29) is 17.9 Å².